The molecular weight excluding hydrogens is 170 g/mol. The highest BCUT2D eigenvalue weighted by Crippen LogP contribution is 1.99. The average molecular weight is 189 g/mol. The second kappa shape index (κ2) is 5.94. The summed E-state index contributed by atoms with van der Waals surface area (Å²) in [5.74, 6) is -0.344. The van der Waals surface area contributed by atoms with Crippen molar-refractivity contribution in [1.29, 1.82) is 0 Å². The van der Waals surface area contributed by atoms with Crippen LogP contribution in [-0.4, -0.2) is 36.4 Å². The van der Waals surface area contributed by atoms with Crippen LogP contribution in [-0.2, 0) is 9.53 Å². The Morgan fingerprint density at radius 2 is 2.15 bits per heavy atom. The van der Waals surface area contributed by atoms with Crippen LogP contribution in [0.15, 0.2) is 0 Å². The number of nitrogens with one attached hydrogen (secondary N) is 1. The van der Waals surface area contributed by atoms with E-state index in [1.165, 1.54) is 13.8 Å². The van der Waals surface area contributed by atoms with E-state index in [0.29, 0.717) is 19.8 Å². The molecule has 0 aromatic carbocycles. The molecule has 4 heteroatoms. The third-order valence-corrected chi connectivity index (χ3v) is 1.51. The summed E-state index contributed by atoms with van der Waals surface area (Å²) in [6.07, 6.45) is 0.773. The Hall–Kier alpha value is -0.610. The summed E-state index contributed by atoms with van der Waals surface area (Å²) in [6, 6.07) is 0. The fourth-order valence-electron chi connectivity index (χ4n) is 0.737. The predicted molar refractivity (Wildman–Crippen MR) is 50.4 cm³/mol. The molecule has 0 atom stereocenters. The summed E-state index contributed by atoms with van der Waals surface area (Å²) in [5, 5.41) is 11.9. The lowest BCUT2D eigenvalue weighted by Crippen LogP contribution is -2.42. The Balaban J connectivity index is 3.38. The maximum atomic E-state index is 11.1. The Kier molecular flexibility index (Phi) is 5.66. The number of rotatable bonds is 6. The minimum Gasteiger partial charge on any atom is -0.382 e. The van der Waals surface area contributed by atoms with E-state index in [9.17, 15) is 9.90 Å². The topological polar surface area (TPSA) is 58.6 Å². The van der Waals surface area contributed by atoms with Crippen molar-refractivity contribution in [2.45, 2.75) is 32.8 Å². The third-order valence-electron chi connectivity index (χ3n) is 1.51. The molecule has 0 spiro atoms. The van der Waals surface area contributed by atoms with E-state index in [1.807, 2.05) is 6.92 Å². The van der Waals surface area contributed by atoms with Crippen LogP contribution >= 0.6 is 0 Å². The molecule has 0 rings (SSSR count). The summed E-state index contributed by atoms with van der Waals surface area (Å²) in [5.41, 5.74) is -1.29. The lowest BCUT2D eigenvalue weighted by molar-refractivity contribution is -0.136. The highest BCUT2D eigenvalue weighted by molar-refractivity contribution is 5.83. The van der Waals surface area contributed by atoms with E-state index < -0.39 is 5.60 Å². The minimum atomic E-state index is -1.29. The zero-order valence-electron chi connectivity index (χ0n) is 8.59. The Morgan fingerprint density at radius 3 is 2.62 bits per heavy atom. The van der Waals surface area contributed by atoms with E-state index in [4.69, 9.17) is 4.74 Å². The molecule has 0 fully saturated rings. The first kappa shape index (κ1) is 12.4. The van der Waals surface area contributed by atoms with Crippen molar-refractivity contribution in [3.63, 3.8) is 0 Å². The molecule has 0 aromatic heterocycles. The van der Waals surface area contributed by atoms with E-state index in [2.05, 4.69) is 5.32 Å². The molecule has 13 heavy (non-hydrogen) atoms. The monoisotopic (exact) mass is 189 g/mol. The molecule has 2 N–H and O–H groups in total. The second-order valence-corrected chi connectivity index (χ2v) is 3.37. The fourth-order valence-corrected chi connectivity index (χ4v) is 0.737. The molecule has 0 saturated carbocycles. The lowest BCUT2D eigenvalue weighted by atomic mass is 10.1. The SMILES string of the molecule is CCOCCCNC(=O)C(C)(C)O. The van der Waals surface area contributed by atoms with Crippen molar-refractivity contribution >= 4 is 5.91 Å². The van der Waals surface area contributed by atoms with Gasteiger partial charge in [0.05, 0.1) is 0 Å². The summed E-state index contributed by atoms with van der Waals surface area (Å²) in [4.78, 5) is 11.1. The van der Waals surface area contributed by atoms with Gasteiger partial charge in [0.15, 0.2) is 0 Å². The summed E-state index contributed by atoms with van der Waals surface area (Å²) in [7, 11) is 0. The van der Waals surface area contributed by atoms with E-state index in [1.54, 1.807) is 0 Å². The van der Waals surface area contributed by atoms with Crippen LogP contribution in [0.5, 0.6) is 0 Å². The van der Waals surface area contributed by atoms with E-state index in [-0.39, 0.29) is 5.91 Å². The van der Waals surface area contributed by atoms with Crippen molar-refractivity contribution in [3.8, 4) is 0 Å². The number of ether oxygens (including phenoxy) is 1. The van der Waals surface area contributed by atoms with Crippen molar-refractivity contribution in [2.24, 2.45) is 0 Å². The molecule has 0 aliphatic rings. The molecular formula is C9H19NO3. The van der Waals surface area contributed by atoms with Crippen LogP contribution in [0.25, 0.3) is 0 Å². The molecule has 0 radical (unpaired) electrons. The molecule has 0 aliphatic carbocycles. The number of hydrogen-bond acceptors (Lipinski definition) is 3. The van der Waals surface area contributed by atoms with Gasteiger partial charge in [-0.05, 0) is 27.2 Å². The van der Waals surface area contributed by atoms with Gasteiger partial charge in [-0.25, -0.2) is 0 Å². The van der Waals surface area contributed by atoms with Gasteiger partial charge in [0.25, 0.3) is 5.91 Å². The van der Waals surface area contributed by atoms with Gasteiger partial charge in [-0.3, -0.25) is 4.79 Å². The van der Waals surface area contributed by atoms with E-state index >= 15 is 0 Å². The molecule has 0 aliphatic heterocycles. The first-order valence-corrected chi connectivity index (χ1v) is 4.57. The Morgan fingerprint density at radius 1 is 1.54 bits per heavy atom. The van der Waals surface area contributed by atoms with Crippen LogP contribution in [0.3, 0.4) is 0 Å². The fraction of sp³-hybridized carbons (Fsp3) is 0.889. The first-order chi connectivity index (χ1) is 5.98. The van der Waals surface area contributed by atoms with Gasteiger partial charge in [0.1, 0.15) is 5.60 Å². The van der Waals surface area contributed by atoms with Crippen molar-refractivity contribution in [2.75, 3.05) is 19.8 Å². The normalized spacial score (nSPS) is 11.4. The largest absolute Gasteiger partial charge is 0.382 e. The number of amides is 1. The summed E-state index contributed by atoms with van der Waals surface area (Å²) >= 11 is 0. The van der Waals surface area contributed by atoms with Gasteiger partial charge >= 0.3 is 0 Å². The Bertz CT molecular complexity index is 151. The number of aliphatic hydroxyl groups is 1. The maximum absolute atomic E-state index is 11.1. The van der Waals surface area contributed by atoms with Gasteiger partial charge in [-0.2, -0.15) is 0 Å². The quantitative estimate of drug-likeness (QED) is 0.591. The smallest absolute Gasteiger partial charge is 0.251 e. The van der Waals surface area contributed by atoms with Gasteiger partial charge < -0.3 is 15.2 Å². The van der Waals surface area contributed by atoms with Crippen LogP contribution in [0, 0.1) is 0 Å². The highest BCUT2D eigenvalue weighted by Gasteiger charge is 2.22. The zero-order valence-corrected chi connectivity index (χ0v) is 8.59. The van der Waals surface area contributed by atoms with Gasteiger partial charge in [0.2, 0.25) is 0 Å². The minimum absolute atomic E-state index is 0.344. The van der Waals surface area contributed by atoms with Crippen LogP contribution in [0.2, 0.25) is 0 Å². The van der Waals surface area contributed by atoms with Crippen LogP contribution in [0.1, 0.15) is 27.2 Å². The summed E-state index contributed by atoms with van der Waals surface area (Å²) in [6.45, 7) is 6.73. The molecule has 0 bridgehead atoms. The molecule has 0 heterocycles. The van der Waals surface area contributed by atoms with Crippen molar-refractivity contribution in [3.05, 3.63) is 0 Å². The highest BCUT2D eigenvalue weighted by atomic mass is 16.5. The number of carbonyl (C=O) groups is 1. The third kappa shape index (κ3) is 6.54. The van der Waals surface area contributed by atoms with Crippen LogP contribution < -0.4 is 5.32 Å². The second-order valence-electron chi connectivity index (χ2n) is 3.37. The van der Waals surface area contributed by atoms with Gasteiger partial charge in [0, 0.05) is 19.8 Å². The van der Waals surface area contributed by atoms with Crippen LogP contribution in [0.4, 0.5) is 0 Å². The molecule has 4 nitrogen and oxygen atoms in total. The number of carbonyl (C=O) groups excluding carboxylic acids is 1. The van der Waals surface area contributed by atoms with Crippen molar-refractivity contribution in [1.82, 2.24) is 5.32 Å². The lowest BCUT2D eigenvalue weighted by Gasteiger charge is -2.16. The zero-order chi connectivity index (χ0) is 10.3. The Labute approximate surface area is 79.3 Å². The first-order valence-electron chi connectivity index (χ1n) is 4.57. The molecule has 0 unspecified atom stereocenters. The standard InChI is InChI=1S/C9H19NO3/c1-4-13-7-5-6-10-8(11)9(2,3)12/h12H,4-7H2,1-3H3,(H,10,11). The predicted octanol–water partition coefficient (Wildman–Crippen LogP) is 0.300. The maximum Gasteiger partial charge on any atom is 0.251 e. The van der Waals surface area contributed by atoms with Crippen molar-refractivity contribution < 1.29 is 14.6 Å². The number of hydrogen-bond donors (Lipinski definition) is 2. The van der Waals surface area contributed by atoms with E-state index in [0.717, 1.165) is 6.42 Å². The summed E-state index contributed by atoms with van der Waals surface area (Å²) < 4.78 is 5.09. The molecule has 0 aromatic rings. The molecule has 78 valence electrons. The molecule has 1 amide bonds. The average Bonchev–Trinajstić information content (AvgIpc) is 2.02. The molecule has 0 saturated heterocycles. The van der Waals surface area contributed by atoms with Gasteiger partial charge in [-0.15, -0.1) is 0 Å². The van der Waals surface area contributed by atoms with Gasteiger partial charge in [-0.1, -0.05) is 0 Å².